The zero-order valence-electron chi connectivity index (χ0n) is 34.8. The van der Waals surface area contributed by atoms with Crippen molar-refractivity contribution in [2.75, 3.05) is 36.0 Å². The Balaban J connectivity index is 0.726. The van der Waals surface area contributed by atoms with Gasteiger partial charge in [0.05, 0.1) is 34.5 Å². The number of ether oxygens (including phenoxy) is 2. The lowest BCUT2D eigenvalue weighted by Crippen LogP contribution is -2.44. The maximum absolute atomic E-state index is 13.2. The monoisotopic (exact) mass is 803 g/mol. The molecule has 1 unspecified atom stereocenters. The molecule has 0 radical (unpaired) electrons. The van der Waals surface area contributed by atoms with E-state index in [9.17, 15) is 14.4 Å². The van der Waals surface area contributed by atoms with E-state index in [0.717, 1.165) is 109 Å². The number of carbonyl (C=O) groups is 2. The van der Waals surface area contributed by atoms with Gasteiger partial charge in [-0.25, -0.2) is 14.8 Å². The number of benzene rings is 2. The number of fused-ring (bicyclic) bond motifs is 2. The Morgan fingerprint density at radius 1 is 0.780 bits per heavy atom. The van der Waals surface area contributed by atoms with Crippen molar-refractivity contribution in [2.45, 2.75) is 115 Å². The summed E-state index contributed by atoms with van der Waals surface area (Å²) in [6, 6.07) is 13.5. The maximum Gasteiger partial charge on any atom is 0.329 e. The summed E-state index contributed by atoms with van der Waals surface area (Å²) in [5, 5.41) is 11.2. The molecule has 3 saturated heterocycles. The van der Waals surface area contributed by atoms with Crippen molar-refractivity contribution in [1.82, 2.24) is 34.6 Å². The molecule has 2 N–H and O–H groups in total. The SMILES string of the molecule is Cn1c(=O)n(C2CCC(=O)NC2=O)c2ccc(N3CCC(OC4CCC(CC5CCN(c6cc(-c7n[nH]c8ccc(OC(C)(C)C)cc78)ncn6)CC5)CC4)CC3)cc21. The molecule has 2 aromatic carbocycles. The van der Waals surface area contributed by atoms with Crippen LogP contribution in [0.3, 0.4) is 0 Å². The fraction of sp³-hybridized carbons (Fsp3) is 0.556. The van der Waals surface area contributed by atoms with E-state index in [4.69, 9.17) is 9.47 Å². The molecule has 2 amide bonds. The number of hydrogen-bond acceptors (Lipinski definition) is 10. The predicted molar refractivity (Wildman–Crippen MR) is 228 cm³/mol. The second kappa shape index (κ2) is 16.1. The van der Waals surface area contributed by atoms with Crippen LogP contribution in [-0.2, 0) is 21.4 Å². The fourth-order valence-corrected chi connectivity index (χ4v) is 9.93. The van der Waals surface area contributed by atoms with Crippen molar-refractivity contribution in [3.05, 3.63) is 59.3 Å². The Morgan fingerprint density at radius 3 is 2.25 bits per heavy atom. The van der Waals surface area contributed by atoms with Gasteiger partial charge in [0.25, 0.3) is 0 Å². The number of piperidine rings is 3. The molecule has 1 saturated carbocycles. The standard InChI is InChI=1S/C45H57N9O5/c1-45(2,3)59-33-10-11-35-34(25-33)42(50-49-35)36-26-40(47-27-46-36)53-19-15-29(16-20-53)23-28-5-8-31(9-6-28)58-32-17-21-52(22-18-32)30-7-12-37-39(24-30)51(4)44(57)54(37)38-13-14-41(55)48-43(38)56/h7,10-12,24-29,31-32,38H,5-6,8-9,13-23H2,1-4H3,(H,49,50)(H,48,55,56). The first-order chi connectivity index (χ1) is 28.5. The second-order valence-electron chi connectivity index (χ2n) is 18.2. The number of amides is 2. The van der Waals surface area contributed by atoms with E-state index in [0.29, 0.717) is 18.0 Å². The van der Waals surface area contributed by atoms with Crippen molar-refractivity contribution in [2.24, 2.45) is 18.9 Å². The number of anilines is 2. The number of aryl methyl sites for hydroxylation is 1. The van der Waals surface area contributed by atoms with E-state index >= 15 is 0 Å². The molecule has 4 aliphatic rings. The van der Waals surface area contributed by atoms with Crippen molar-refractivity contribution in [3.8, 4) is 17.1 Å². The van der Waals surface area contributed by atoms with Crippen LogP contribution in [0.15, 0.2) is 53.6 Å². The van der Waals surface area contributed by atoms with E-state index in [1.165, 1.54) is 32.1 Å². The van der Waals surface area contributed by atoms with Gasteiger partial charge in [-0.1, -0.05) is 0 Å². The molecule has 312 valence electrons. The third-order valence-electron chi connectivity index (χ3n) is 13.0. The van der Waals surface area contributed by atoms with Gasteiger partial charge < -0.3 is 19.3 Å². The Bertz CT molecular complexity index is 2390. The number of carbonyl (C=O) groups excluding carboxylic acids is 2. The minimum Gasteiger partial charge on any atom is -0.488 e. The molecule has 9 rings (SSSR count). The molecular weight excluding hydrogens is 747 g/mol. The number of hydrogen-bond donors (Lipinski definition) is 2. The number of aromatic nitrogens is 6. The molecular formula is C45H57N9O5. The van der Waals surface area contributed by atoms with Gasteiger partial charge in [-0.05, 0) is 133 Å². The Morgan fingerprint density at radius 2 is 1.51 bits per heavy atom. The first-order valence-corrected chi connectivity index (χ1v) is 21.7. The van der Waals surface area contributed by atoms with Gasteiger partial charge in [0.2, 0.25) is 11.8 Å². The molecule has 14 heteroatoms. The fourth-order valence-electron chi connectivity index (χ4n) is 9.93. The van der Waals surface area contributed by atoms with Gasteiger partial charge >= 0.3 is 5.69 Å². The smallest absolute Gasteiger partial charge is 0.329 e. The van der Waals surface area contributed by atoms with E-state index < -0.39 is 11.9 Å². The van der Waals surface area contributed by atoms with Crippen LogP contribution in [0, 0.1) is 11.8 Å². The highest BCUT2D eigenvalue weighted by molar-refractivity contribution is 6.00. The average Bonchev–Trinajstić information content (AvgIpc) is 3.76. The number of imide groups is 1. The number of rotatable bonds is 9. The van der Waals surface area contributed by atoms with Crippen LogP contribution in [0.1, 0.15) is 97.4 Å². The minimum atomic E-state index is -0.679. The minimum absolute atomic E-state index is 0.229. The van der Waals surface area contributed by atoms with Crippen LogP contribution in [-0.4, -0.2) is 85.1 Å². The highest BCUT2D eigenvalue weighted by Crippen LogP contribution is 2.37. The number of nitrogens with zero attached hydrogens (tertiary/aromatic N) is 7. The van der Waals surface area contributed by atoms with Gasteiger partial charge in [0, 0.05) is 56.8 Å². The van der Waals surface area contributed by atoms with E-state index in [2.05, 4.69) is 47.4 Å². The lowest BCUT2D eigenvalue weighted by molar-refractivity contribution is -0.135. The normalized spacial score (nSPS) is 22.7. The molecule has 14 nitrogen and oxygen atoms in total. The quantitative estimate of drug-likeness (QED) is 0.155. The number of imidazole rings is 1. The Kier molecular flexibility index (Phi) is 10.7. The summed E-state index contributed by atoms with van der Waals surface area (Å²) in [6.07, 6.45) is 13.2. The zero-order chi connectivity index (χ0) is 40.8. The van der Waals surface area contributed by atoms with Crippen LogP contribution in [0.5, 0.6) is 5.75 Å². The van der Waals surface area contributed by atoms with Crippen LogP contribution >= 0.6 is 0 Å². The molecule has 0 spiro atoms. The van der Waals surface area contributed by atoms with E-state index in [1.807, 2.05) is 51.1 Å². The first-order valence-electron chi connectivity index (χ1n) is 21.7. The van der Waals surface area contributed by atoms with Crippen LogP contribution < -0.4 is 25.5 Å². The van der Waals surface area contributed by atoms with Gasteiger partial charge in [-0.2, -0.15) is 5.10 Å². The largest absolute Gasteiger partial charge is 0.488 e. The summed E-state index contributed by atoms with van der Waals surface area (Å²) >= 11 is 0. The van der Waals surface area contributed by atoms with Crippen LogP contribution in [0.25, 0.3) is 33.3 Å². The summed E-state index contributed by atoms with van der Waals surface area (Å²) in [5.74, 6) is 2.59. The van der Waals surface area contributed by atoms with Crippen molar-refractivity contribution >= 4 is 45.3 Å². The topological polar surface area (TPSA) is 152 Å². The summed E-state index contributed by atoms with van der Waals surface area (Å²) in [4.78, 5) is 51.6. The summed E-state index contributed by atoms with van der Waals surface area (Å²) in [6.45, 7) is 9.95. The molecule has 6 heterocycles. The number of H-pyrrole nitrogens is 1. The molecule has 5 aromatic rings. The van der Waals surface area contributed by atoms with Gasteiger partial charge in [0.1, 0.15) is 35.2 Å². The predicted octanol–water partition coefficient (Wildman–Crippen LogP) is 6.68. The second-order valence-corrected chi connectivity index (χ2v) is 18.2. The summed E-state index contributed by atoms with van der Waals surface area (Å²) in [7, 11) is 1.75. The van der Waals surface area contributed by atoms with Crippen LogP contribution in [0.2, 0.25) is 0 Å². The van der Waals surface area contributed by atoms with Crippen molar-refractivity contribution < 1.29 is 19.1 Å². The third-order valence-corrected chi connectivity index (χ3v) is 13.0. The Hall–Kier alpha value is -5.24. The Labute approximate surface area is 344 Å². The lowest BCUT2D eigenvalue weighted by atomic mass is 9.79. The highest BCUT2D eigenvalue weighted by Gasteiger charge is 2.33. The molecule has 4 fully saturated rings. The number of aromatic amines is 1. The molecule has 3 aliphatic heterocycles. The molecule has 1 atom stereocenters. The number of nitrogens with one attached hydrogen (secondary N) is 2. The van der Waals surface area contributed by atoms with E-state index in [-0.39, 0.29) is 29.7 Å². The average molecular weight is 804 g/mol. The summed E-state index contributed by atoms with van der Waals surface area (Å²) < 4.78 is 16.0. The van der Waals surface area contributed by atoms with E-state index in [1.54, 1.807) is 22.5 Å². The third kappa shape index (κ3) is 8.33. The van der Waals surface area contributed by atoms with Crippen LogP contribution in [0.4, 0.5) is 11.5 Å². The zero-order valence-corrected chi connectivity index (χ0v) is 34.8. The van der Waals surface area contributed by atoms with Crippen molar-refractivity contribution in [3.63, 3.8) is 0 Å². The highest BCUT2D eigenvalue weighted by atomic mass is 16.5. The van der Waals surface area contributed by atoms with Crippen molar-refractivity contribution in [1.29, 1.82) is 0 Å². The lowest BCUT2D eigenvalue weighted by Gasteiger charge is -2.38. The first kappa shape index (κ1) is 39.2. The molecule has 0 bridgehead atoms. The van der Waals surface area contributed by atoms with Gasteiger partial charge in [-0.3, -0.25) is 29.1 Å². The molecule has 1 aliphatic carbocycles. The maximum atomic E-state index is 13.2. The van der Waals surface area contributed by atoms with Gasteiger partial charge in [0.15, 0.2) is 0 Å². The molecule has 3 aromatic heterocycles. The molecule has 59 heavy (non-hydrogen) atoms. The van der Waals surface area contributed by atoms with Gasteiger partial charge in [-0.15, -0.1) is 0 Å². The summed E-state index contributed by atoms with van der Waals surface area (Å²) in [5.41, 5.74) is 4.63.